The first-order valence-electron chi connectivity index (χ1n) is 6.72. The molecule has 0 aromatic carbocycles. The molecule has 0 atom stereocenters. The summed E-state index contributed by atoms with van der Waals surface area (Å²) in [5, 5.41) is 3.31. The molecule has 1 heterocycles. The molecule has 1 aromatic heterocycles. The van der Waals surface area contributed by atoms with Crippen LogP contribution in [-0.4, -0.2) is 24.6 Å². The maximum atomic E-state index is 4.56. The molecule has 96 valence electrons. The van der Waals surface area contributed by atoms with E-state index in [1.165, 1.54) is 18.4 Å². The number of nitrogens with one attached hydrogen (secondary N) is 1. The fourth-order valence-corrected chi connectivity index (χ4v) is 1.86. The lowest BCUT2D eigenvalue weighted by atomic mass is 10.2. The van der Waals surface area contributed by atoms with Crippen LogP contribution >= 0.6 is 0 Å². The maximum absolute atomic E-state index is 4.56. The second-order valence-corrected chi connectivity index (χ2v) is 4.29. The fraction of sp³-hybridized carbons (Fsp3) is 0.643. The summed E-state index contributed by atoms with van der Waals surface area (Å²) in [4.78, 5) is 6.91. The lowest BCUT2D eigenvalue weighted by Crippen LogP contribution is -2.25. The van der Waals surface area contributed by atoms with Gasteiger partial charge < -0.3 is 10.2 Å². The van der Waals surface area contributed by atoms with E-state index in [0.717, 1.165) is 32.0 Å². The number of rotatable bonds is 8. The Bertz CT molecular complexity index is 289. The smallest absolute Gasteiger partial charge is 0.128 e. The second-order valence-electron chi connectivity index (χ2n) is 4.29. The lowest BCUT2D eigenvalue weighted by molar-refractivity contribution is 0.717. The normalized spacial score (nSPS) is 10.5. The largest absolute Gasteiger partial charge is 0.357 e. The Labute approximate surface area is 105 Å². The van der Waals surface area contributed by atoms with Crippen molar-refractivity contribution in [3.05, 3.63) is 23.9 Å². The van der Waals surface area contributed by atoms with Crippen LogP contribution < -0.4 is 10.2 Å². The van der Waals surface area contributed by atoms with Gasteiger partial charge in [-0.3, -0.25) is 0 Å². The van der Waals surface area contributed by atoms with Crippen molar-refractivity contribution < 1.29 is 0 Å². The van der Waals surface area contributed by atoms with E-state index in [9.17, 15) is 0 Å². The van der Waals surface area contributed by atoms with E-state index >= 15 is 0 Å². The Kier molecular flexibility index (Phi) is 6.63. The third kappa shape index (κ3) is 4.73. The average molecular weight is 235 g/mol. The zero-order valence-corrected chi connectivity index (χ0v) is 11.4. The van der Waals surface area contributed by atoms with Gasteiger partial charge in [-0.25, -0.2) is 4.98 Å². The molecule has 0 saturated heterocycles. The molecule has 3 heteroatoms. The van der Waals surface area contributed by atoms with Gasteiger partial charge in [0.15, 0.2) is 0 Å². The Morgan fingerprint density at radius 1 is 1.12 bits per heavy atom. The maximum Gasteiger partial charge on any atom is 0.128 e. The molecule has 0 aliphatic carbocycles. The Morgan fingerprint density at radius 3 is 2.29 bits per heavy atom. The van der Waals surface area contributed by atoms with E-state index in [0.29, 0.717) is 0 Å². The summed E-state index contributed by atoms with van der Waals surface area (Å²) in [6.07, 6.45) is 4.32. The first-order valence-corrected chi connectivity index (χ1v) is 6.72. The van der Waals surface area contributed by atoms with Gasteiger partial charge in [0.1, 0.15) is 5.82 Å². The third-order valence-electron chi connectivity index (χ3n) is 2.70. The molecular weight excluding hydrogens is 210 g/mol. The summed E-state index contributed by atoms with van der Waals surface area (Å²) in [5.74, 6) is 1.11. The first kappa shape index (κ1) is 14.0. The van der Waals surface area contributed by atoms with Crippen molar-refractivity contribution in [1.29, 1.82) is 0 Å². The average Bonchev–Trinajstić information content (AvgIpc) is 2.37. The number of pyridine rings is 1. The van der Waals surface area contributed by atoms with Crippen LogP contribution in [0.3, 0.4) is 0 Å². The van der Waals surface area contributed by atoms with Gasteiger partial charge in [0.25, 0.3) is 0 Å². The summed E-state index contributed by atoms with van der Waals surface area (Å²) in [7, 11) is 0. The van der Waals surface area contributed by atoms with E-state index < -0.39 is 0 Å². The van der Waals surface area contributed by atoms with E-state index in [1.807, 2.05) is 6.20 Å². The molecule has 0 amide bonds. The van der Waals surface area contributed by atoms with Crippen molar-refractivity contribution >= 4 is 5.82 Å². The molecular formula is C14H25N3. The van der Waals surface area contributed by atoms with Gasteiger partial charge >= 0.3 is 0 Å². The van der Waals surface area contributed by atoms with E-state index in [4.69, 9.17) is 0 Å². The molecule has 1 aromatic rings. The number of anilines is 1. The topological polar surface area (TPSA) is 28.2 Å². The molecule has 0 aliphatic heterocycles. The summed E-state index contributed by atoms with van der Waals surface area (Å²) in [6, 6.07) is 4.31. The predicted octanol–water partition coefficient (Wildman–Crippen LogP) is 2.82. The van der Waals surface area contributed by atoms with Crippen molar-refractivity contribution in [2.75, 3.05) is 24.5 Å². The number of aromatic nitrogens is 1. The van der Waals surface area contributed by atoms with Crippen molar-refractivity contribution in [2.24, 2.45) is 0 Å². The van der Waals surface area contributed by atoms with Gasteiger partial charge in [0, 0.05) is 25.8 Å². The summed E-state index contributed by atoms with van der Waals surface area (Å²) < 4.78 is 0. The second kappa shape index (κ2) is 8.07. The van der Waals surface area contributed by atoms with Crippen LogP contribution in [-0.2, 0) is 6.54 Å². The fourth-order valence-electron chi connectivity index (χ4n) is 1.86. The molecule has 0 unspecified atom stereocenters. The Hall–Kier alpha value is -1.09. The van der Waals surface area contributed by atoms with Gasteiger partial charge in [0.2, 0.25) is 0 Å². The van der Waals surface area contributed by atoms with Gasteiger partial charge in [-0.05, 0) is 31.0 Å². The van der Waals surface area contributed by atoms with E-state index in [2.05, 4.69) is 48.1 Å². The monoisotopic (exact) mass is 235 g/mol. The highest BCUT2D eigenvalue weighted by Gasteiger charge is 2.05. The minimum atomic E-state index is 0.908. The third-order valence-corrected chi connectivity index (χ3v) is 2.70. The van der Waals surface area contributed by atoms with Crippen LogP contribution in [0.5, 0.6) is 0 Å². The molecule has 0 spiro atoms. The Balaban J connectivity index is 2.63. The van der Waals surface area contributed by atoms with Crippen LogP contribution in [0.15, 0.2) is 18.3 Å². The molecule has 1 N–H and O–H groups in total. The molecule has 17 heavy (non-hydrogen) atoms. The van der Waals surface area contributed by atoms with Gasteiger partial charge in [-0.1, -0.05) is 26.8 Å². The van der Waals surface area contributed by atoms with Gasteiger partial charge in [-0.2, -0.15) is 0 Å². The van der Waals surface area contributed by atoms with Gasteiger partial charge in [0.05, 0.1) is 0 Å². The lowest BCUT2D eigenvalue weighted by Gasteiger charge is -2.22. The van der Waals surface area contributed by atoms with Gasteiger partial charge in [-0.15, -0.1) is 0 Å². The molecule has 0 saturated carbocycles. The molecule has 3 nitrogen and oxygen atoms in total. The summed E-state index contributed by atoms with van der Waals surface area (Å²) in [5.41, 5.74) is 1.25. The minimum absolute atomic E-state index is 0.908. The zero-order chi connectivity index (χ0) is 12.5. The molecule has 0 bridgehead atoms. The molecule has 0 radical (unpaired) electrons. The Morgan fingerprint density at radius 2 is 1.82 bits per heavy atom. The van der Waals surface area contributed by atoms with Crippen molar-refractivity contribution in [2.45, 2.75) is 40.2 Å². The quantitative estimate of drug-likeness (QED) is 0.751. The minimum Gasteiger partial charge on any atom is -0.357 e. The SMILES string of the molecule is CCCN(CCC)c1ccc(CNCC)cn1. The molecule has 0 fully saturated rings. The highest BCUT2D eigenvalue weighted by atomic mass is 15.2. The zero-order valence-electron chi connectivity index (χ0n) is 11.4. The van der Waals surface area contributed by atoms with Crippen molar-refractivity contribution in [1.82, 2.24) is 10.3 Å². The van der Waals surface area contributed by atoms with Crippen LogP contribution in [0.1, 0.15) is 39.2 Å². The van der Waals surface area contributed by atoms with Crippen molar-refractivity contribution in [3.63, 3.8) is 0 Å². The number of nitrogens with zero attached hydrogens (tertiary/aromatic N) is 2. The highest BCUT2D eigenvalue weighted by molar-refractivity contribution is 5.39. The van der Waals surface area contributed by atoms with Crippen LogP contribution in [0.25, 0.3) is 0 Å². The molecule has 0 aliphatic rings. The standard InChI is InChI=1S/C14H25N3/c1-4-9-17(10-5-2)14-8-7-13(12-16-14)11-15-6-3/h7-8,12,15H,4-6,9-11H2,1-3H3. The summed E-state index contributed by atoms with van der Waals surface area (Å²) in [6.45, 7) is 10.6. The number of hydrogen-bond acceptors (Lipinski definition) is 3. The van der Waals surface area contributed by atoms with E-state index in [-0.39, 0.29) is 0 Å². The van der Waals surface area contributed by atoms with Crippen LogP contribution in [0.2, 0.25) is 0 Å². The predicted molar refractivity (Wildman–Crippen MR) is 74.4 cm³/mol. The highest BCUT2D eigenvalue weighted by Crippen LogP contribution is 2.12. The summed E-state index contributed by atoms with van der Waals surface area (Å²) >= 11 is 0. The van der Waals surface area contributed by atoms with Crippen molar-refractivity contribution in [3.8, 4) is 0 Å². The van der Waals surface area contributed by atoms with E-state index in [1.54, 1.807) is 0 Å². The number of hydrogen-bond donors (Lipinski definition) is 1. The van der Waals surface area contributed by atoms with Crippen LogP contribution in [0.4, 0.5) is 5.82 Å². The first-order chi connectivity index (χ1) is 8.31. The van der Waals surface area contributed by atoms with Crippen LogP contribution in [0, 0.1) is 0 Å². The molecule has 1 rings (SSSR count).